The minimum atomic E-state index is -0.647. The van der Waals surface area contributed by atoms with Crippen LogP contribution in [0.4, 0.5) is 14.5 Å². The molecule has 31 heavy (non-hydrogen) atoms. The first kappa shape index (κ1) is 19.1. The van der Waals surface area contributed by atoms with Crippen molar-refractivity contribution >= 4 is 11.6 Å². The number of hydrogen-bond acceptors (Lipinski definition) is 4. The highest BCUT2D eigenvalue weighted by Gasteiger charge is 2.27. The van der Waals surface area contributed by atoms with E-state index in [2.05, 4.69) is 20.6 Å². The van der Waals surface area contributed by atoms with Crippen LogP contribution >= 0.6 is 0 Å². The van der Waals surface area contributed by atoms with Gasteiger partial charge in [0.25, 0.3) is 0 Å². The summed E-state index contributed by atoms with van der Waals surface area (Å²) < 4.78 is 31.8. The molecule has 1 N–H and O–H groups in total. The molecule has 1 amide bonds. The van der Waals surface area contributed by atoms with Gasteiger partial charge < -0.3 is 9.88 Å². The molecular formula is C22H18F2N6O. The standard InChI is InChI=1S/C22H18F2N6O/c1-13-10-29(12-25-13)20-7-5-14(9-17(20)24)19-11-30(28-27-19)21-8-6-15-16(23)3-2-4-18(15)26-22(21)31/h2-5,7,9-12,21H,6,8H2,1H3,(H,26,31). The smallest absolute Gasteiger partial charge is 0.249 e. The first-order chi connectivity index (χ1) is 15.0. The predicted octanol–water partition coefficient (Wildman–Crippen LogP) is 3.84. The Hall–Kier alpha value is -3.88. The molecule has 1 atom stereocenters. The Morgan fingerprint density at radius 3 is 2.77 bits per heavy atom. The summed E-state index contributed by atoms with van der Waals surface area (Å²) in [5, 5.41) is 11.0. The van der Waals surface area contributed by atoms with E-state index in [0.717, 1.165) is 5.69 Å². The number of benzene rings is 2. The zero-order valence-electron chi connectivity index (χ0n) is 16.6. The van der Waals surface area contributed by atoms with E-state index in [-0.39, 0.29) is 11.7 Å². The molecular weight excluding hydrogens is 402 g/mol. The lowest BCUT2D eigenvalue weighted by atomic mass is 10.1. The molecule has 2 aromatic heterocycles. The molecule has 1 aliphatic rings. The van der Waals surface area contributed by atoms with Gasteiger partial charge in [0.1, 0.15) is 23.4 Å². The van der Waals surface area contributed by atoms with Crippen molar-refractivity contribution in [1.82, 2.24) is 24.5 Å². The summed E-state index contributed by atoms with van der Waals surface area (Å²) in [5.41, 5.74) is 3.09. The highest BCUT2D eigenvalue weighted by atomic mass is 19.1. The Bertz CT molecular complexity index is 1290. The van der Waals surface area contributed by atoms with Gasteiger partial charge in [0.05, 0.1) is 23.9 Å². The molecule has 0 saturated carbocycles. The van der Waals surface area contributed by atoms with Gasteiger partial charge in [-0.3, -0.25) is 4.79 Å². The fourth-order valence-corrected chi connectivity index (χ4v) is 3.80. The molecule has 2 aromatic carbocycles. The minimum absolute atomic E-state index is 0.294. The van der Waals surface area contributed by atoms with E-state index in [1.165, 1.54) is 16.8 Å². The van der Waals surface area contributed by atoms with Crippen LogP contribution in [0.25, 0.3) is 16.9 Å². The van der Waals surface area contributed by atoms with Gasteiger partial charge in [0, 0.05) is 23.0 Å². The van der Waals surface area contributed by atoms with Crippen molar-refractivity contribution in [2.24, 2.45) is 0 Å². The van der Waals surface area contributed by atoms with Gasteiger partial charge in [-0.2, -0.15) is 0 Å². The molecule has 5 rings (SSSR count). The summed E-state index contributed by atoms with van der Waals surface area (Å²) in [5.74, 6) is -1.07. The van der Waals surface area contributed by atoms with Crippen molar-refractivity contribution in [3.8, 4) is 16.9 Å². The van der Waals surface area contributed by atoms with E-state index in [4.69, 9.17) is 0 Å². The third-order valence-corrected chi connectivity index (χ3v) is 5.41. The highest BCUT2D eigenvalue weighted by molar-refractivity contribution is 5.95. The molecule has 7 nitrogen and oxygen atoms in total. The van der Waals surface area contributed by atoms with Crippen LogP contribution in [0.2, 0.25) is 0 Å². The molecule has 0 fully saturated rings. The molecule has 156 valence electrons. The van der Waals surface area contributed by atoms with Crippen molar-refractivity contribution in [3.05, 3.63) is 78.0 Å². The fraction of sp³-hybridized carbons (Fsp3) is 0.182. The molecule has 0 radical (unpaired) electrons. The second-order valence-electron chi connectivity index (χ2n) is 7.48. The lowest BCUT2D eigenvalue weighted by Gasteiger charge is -2.12. The summed E-state index contributed by atoms with van der Waals surface area (Å²) in [6, 6.07) is 8.72. The van der Waals surface area contributed by atoms with Gasteiger partial charge in [-0.05, 0) is 44.0 Å². The van der Waals surface area contributed by atoms with E-state index in [0.29, 0.717) is 41.0 Å². The molecule has 9 heteroatoms. The number of hydrogen-bond donors (Lipinski definition) is 1. The van der Waals surface area contributed by atoms with Gasteiger partial charge in [-0.25, -0.2) is 18.4 Å². The summed E-state index contributed by atoms with van der Waals surface area (Å²) in [6.07, 6.45) is 5.64. The van der Waals surface area contributed by atoms with E-state index < -0.39 is 11.9 Å². The molecule has 3 heterocycles. The average molecular weight is 420 g/mol. The van der Waals surface area contributed by atoms with Crippen LogP contribution in [0.15, 0.2) is 55.1 Å². The number of aryl methyl sites for hydroxylation is 1. The van der Waals surface area contributed by atoms with Crippen molar-refractivity contribution < 1.29 is 13.6 Å². The van der Waals surface area contributed by atoms with Crippen LogP contribution in [-0.2, 0) is 11.2 Å². The number of fused-ring (bicyclic) bond motifs is 1. The Kier molecular flexibility index (Phi) is 4.58. The number of aromatic nitrogens is 5. The summed E-state index contributed by atoms with van der Waals surface area (Å²) in [7, 11) is 0. The number of imidazole rings is 1. The normalized spacial score (nSPS) is 16.0. The zero-order chi connectivity index (χ0) is 21.5. The summed E-state index contributed by atoms with van der Waals surface area (Å²) >= 11 is 0. The van der Waals surface area contributed by atoms with E-state index in [1.807, 2.05) is 6.92 Å². The molecule has 0 saturated heterocycles. The Balaban J connectivity index is 1.41. The molecule has 0 spiro atoms. The van der Waals surface area contributed by atoms with Gasteiger partial charge in [-0.15, -0.1) is 5.10 Å². The van der Waals surface area contributed by atoms with E-state index in [9.17, 15) is 13.6 Å². The second kappa shape index (κ2) is 7.42. The lowest BCUT2D eigenvalue weighted by molar-refractivity contribution is -0.119. The first-order valence-electron chi connectivity index (χ1n) is 9.80. The maximum absolute atomic E-state index is 14.7. The average Bonchev–Trinajstić information content (AvgIpc) is 3.35. The number of rotatable bonds is 3. The number of nitrogens with zero attached hydrogens (tertiary/aromatic N) is 5. The quantitative estimate of drug-likeness (QED) is 0.546. The Morgan fingerprint density at radius 1 is 1.13 bits per heavy atom. The number of halogens is 2. The minimum Gasteiger partial charge on any atom is -0.324 e. The molecule has 0 bridgehead atoms. The maximum Gasteiger partial charge on any atom is 0.249 e. The third-order valence-electron chi connectivity index (χ3n) is 5.41. The maximum atomic E-state index is 14.7. The van der Waals surface area contributed by atoms with Crippen LogP contribution in [0.3, 0.4) is 0 Å². The molecule has 1 unspecified atom stereocenters. The largest absolute Gasteiger partial charge is 0.324 e. The fourth-order valence-electron chi connectivity index (χ4n) is 3.80. The number of nitrogens with one attached hydrogen (secondary N) is 1. The predicted molar refractivity (Wildman–Crippen MR) is 110 cm³/mol. The van der Waals surface area contributed by atoms with Crippen LogP contribution in [0.5, 0.6) is 0 Å². The lowest BCUT2D eigenvalue weighted by Crippen LogP contribution is -2.25. The number of carbonyl (C=O) groups is 1. The second-order valence-corrected chi connectivity index (χ2v) is 7.48. The molecule has 4 aromatic rings. The zero-order valence-corrected chi connectivity index (χ0v) is 16.6. The summed E-state index contributed by atoms with van der Waals surface area (Å²) in [6.45, 7) is 1.83. The topological polar surface area (TPSA) is 77.6 Å². The number of carbonyl (C=O) groups excluding carboxylic acids is 1. The highest BCUT2D eigenvalue weighted by Crippen LogP contribution is 2.29. The Labute approximate surface area is 176 Å². The van der Waals surface area contributed by atoms with Gasteiger partial charge >= 0.3 is 0 Å². The van der Waals surface area contributed by atoms with Crippen LogP contribution in [-0.4, -0.2) is 30.5 Å². The number of anilines is 1. The van der Waals surface area contributed by atoms with Crippen LogP contribution in [0, 0.1) is 18.6 Å². The van der Waals surface area contributed by atoms with Gasteiger partial charge in [-0.1, -0.05) is 17.3 Å². The van der Waals surface area contributed by atoms with Crippen molar-refractivity contribution in [1.29, 1.82) is 0 Å². The van der Waals surface area contributed by atoms with Crippen molar-refractivity contribution in [2.75, 3.05) is 5.32 Å². The van der Waals surface area contributed by atoms with E-state index in [1.54, 1.807) is 47.6 Å². The van der Waals surface area contributed by atoms with Gasteiger partial charge in [0.2, 0.25) is 5.91 Å². The summed E-state index contributed by atoms with van der Waals surface area (Å²) in [4.78, 5) is 16.8. The van der Waals surface area contributed by atoms with Crippen molar-refractivity contribution in [3.63, 3.8) is 0 Å². The third kappa shape index (κ3) is 3.48. The van der Waals surface area contributed by atoms with E-state index >= 15 is 0 Å². The molecule has 1 aliphatic heterocycles. The van der Waals surface area contributed by atoms with Crippen LogP contribution in [0.1, 0.15) is 23.7 Å². The van der Waals surface area contributed by atoms with Gasteiger partial charge in [0.15, 0.2) is 0 Å². The first-order valence-corrected chi connectivity index (χ1v) is 9.80. The molecule has 0 aliphatic carbocycles. The number of amides is 1. The van der Waals surface area contributed by atoms with Crippen molar-refractivity contribution in [2.45, 2.75) is 25.8 Å². The monoisotopic (exact) mass is 420 g/mol. The van der Waals surface area contributed by atoms with Crippen LogP contribution < -0.4 is 5.32 Å². The Morgan fingerprint density at radius 2 is 2.00 bits per heavy atom. The SMILES string of the molecule is Cc1cn(-c2ccc(-c3cn(C4CCc5c(F)cccc5NC4=O)nn3)cc2F)cn1.